The van der Waals surface area contributed by atoms with E-state index in [0.29, 0.717) is 30.4 Å². The van der Waals surface area contributed by atoms with Gasteiger partial charge in [0.1, 0.15) is 0 Å². The highest BCUT2D eigenvalue weighted by molar-refractivity contribution is 6.30. The molecule has 1 atom stereocenters. The molecule has 0 spiro atoms. The van der Waals surface area contributed by atoms with Crippen molar-refractivity contribution in [3.8, 4) is 0 Å². The molecule has 1 unspecified atom stereocenters. The summed E-state index contributed by atoms with van der Waals surface area (Å²) in [5.41, 5.74) is 0.683. The number of benzene rings is 1. The predicted octanol–water partition coefficient (Wildman–Crippen LogP) is 1.77. The van der Waals surface area contributed by atoms with Gasteiger partial charge in [-0.05, 0) is 24.3 Å². The standard InChI is InChI=1S/C14H17ClN2O3/c1-20-7-6-17-9-10(8-13(17)18)14(19)16-12-4-2-11(15)3-5-12/h2-5,10H,6-9H2,1H3,(H,16,19). The molecule has 0 bridgehead atoms. The lowest BCUT2D eigenvalue weighted by Crippen LogP contribution is -2.30. The maximum atomic E-state index is 12.1. The van der Waals surface area contributed by atoms with E-state index in [1.807, 2.05) is 0 Å². The van der Waals surface area contributed by atoms with E-state index in [9.17, 15) is 9.59 Å². The molecule has 108 valence electrons. The van der Waals surface area contributed by atoms with Crippen LogP contribution in [0.25, 0.3) is 0 Å². The molecule has 2 amide bonds. The number of ether oxygens (including phenoxy) is 1. The smallest absolute Gasteiger partial charge is 0.229 e. The van der Waals surface area contributed by atoms with E-state index in [2.05, 4.69) is 5.32 Å². The van der Waals surface area contributed by atoms with Gasteiger partial charge in [0.15, 0.2) is 0 Å². The summed E-state index contributed by atoms with van der Waals surface area (Å²) in [5.74, 6) is -0.450. The van der Waals surface area contributed by atoms with Gasteiger partial charge in [0, 0.05) is 37.3 Å². The van der Waals surface area contributed by atoms with Crippen molar-refractivity contribution < 1.29 is 14.3 Å². The van der Waals surface area contributed by atoms with Crippen molar-refractivity contribution in [1.29, 1.82) is 0 Å². The lowest BCUT2D eigenvalue weighted by atomic mass is 10.1. The van der Waals surface area contributed by atoms with E-state index in [-0.39, 0.29) is 24.2 Å². The zero-order chi connectivity index (χ0) is 14.5. The lowest BCUT2D eigenvalue weighted by molar-refractivity contribution is -0.128. The van der Waals surface area contributed by atoms with Crippen LogP contribution in [-0.4, -0.2) is 43.5 Å². The third-order valence-corrected chi connectivity index (χ3v) is 3.51. The van der Waals surface area contributed by atoms with E-state index < -0.39 is 0 Å². The molecule has 1 aromatic rings. The number of amides is 2. The minimum Gasteiger partial charge on any atom is -0.383 e. The molecule has 1 aliphatic heterocycles. The number of nitrogens with one attached hydrogen (secondary N) is 1. The molecule has 1 heterocycles. The number of rotatable bonds is 5. The molecule has 0 saturated carbocycles. The Labute approximate surface area is 122 Å². The van der Waals surface area contributed by atoms with Crippen molar-refractivity contribution in [1.82, 2.24) is 4.90 Å². The quantitative estimate of drug-likeness (QED) is 0.901. The number of carbonyl (C=O) groups is 2. The fourth-order valence-corrected chi connectivity index (χ4v) is 2.27. The van der Waals surface area contributed by atoms with Gasteiger partial charge in [-0.1, -0.05) is 11.6 Å². The van der Waals surface area contributed by atoms with Crippen LogP contribution in [0.5, 0.6) is 0 Å². The Morgan fingerprint density at radius 3 is 2.80 bits per heavy atom. The van der Waals surface area contributed by atoms with Crippen LogP contribution in [0.15, 0.2) is 24.3 Å². The number of nitrogens with zero attached hydrogens (tertiary/aromatic N) is 1. The van der Waals surface area contributed by atoms with E-state index in [1.54, 1.807) is 36.3 Å². The number of likely N-dealkylation sites (tertiary alicyclic amines) is 1. The SMILES string of the molecule is COCCN1CC(C(=O)Nc2ccc(Cl)cc2)CC1=O. The highest BCUT2D eigenvalue weighted by atomic mass is 35.5. The van der Waals surface area contributed by atoms with Crippen molar-refractivity contribution >= 4 is 29.1 Å². The molecule has 0 aliphatic carbocycles. The topological polar surface area (TPSA) is 58.6 Å². The summed E-state index contributed by atoms with van der Waals surface area (Å²) in [6.45, 7) is 1.46. The fraction of sp³-hybridized carbons (Fsp3) is 0.429. The summed E-state index contributed by atoms with van der Waals surface area (Å²) >= 11 is 5.79. The van der Waals surface area contributed by atoms with Crippen LogP contribution < -0.4 is 5.32 Å². The Bertz CT molecular complexity index is 490. The van der Waals surface area contributed by atoms with Crippen LogP contribution >= 0.6 is 11.6 Å². The molecule has 1 saturated heterocycles. The summed E-state index contributed by atoms with van der Waals surface area (Å²) in [5, 5.41) is 3.42. The highest BCUT2D eigenvalue weighted by Crippen LogP contribution is 2.20. The molecule has 6 heteroatoms. The summed E-state index contributed by atoms with van der Waals surface area (Å²) in [6, 6.07) is 6.89. The van der Waals surface area contributed by atoms with E-state index in [0.717, 1.165) is 0 Å². The zero-order valence-corrected chi connectivity index (χ0v) is 12.0. The lowest BCUT2D eigenvalue weighted by Gasteiger charge is -2.15. The van der Waals surface area contributed by atoms with Crippen molar-refractivity contribution in [2.75, 3.05) is 32.1 Å². The highest BCUT2D eigenvalue weighted by Gasteiger charge is 2.33. The van der Waals surface area contributed by atoms with Crippen molar-refractivity contribution in [2.45, 2.75) is 6.42 Å². The molecule has 0 aromatic heterocycles. The van der Waals surface area contributed by atoms with E-state index >= 15 is 0 Å². The van der Waals surface area contributed by atoms with Gasteiger partial charge in [-0.2, -0.15) is 0 Å². The molecule has 20 heavy (non-hydrogen) atoms. The minimum absolute atomic E-state index is 0.00157. The van der Waals surface area contributed by atoms with Crippen LogP contribution in [-0.2, 0) is 14.3 Å². The van der Waals surface area contributed by atoms with Crippen LogP contribution in [0.2, 0.25) is 5.02 Å². The Balaban J connectivity index is 1.90. The summed E-state index contributed by atoms with van der Waals surface area (Å²) < 4.78 is 4.95. The van der Waals surface area contributed by atoms with Crippen LogP contribution in [0.1, 0.15) is 6.42 Å². The average Bonchev–Trinajstić information content (AvgIpc) is 2.80. The van der Waals surface area contributed by atoms with Crippen molar-refractivity contribution in [3.05, 3.63) is 29.3 Å². The molecule has 5 nitrogen and oxygen atoms in total. The van der Waals surface area contributed by atoms with Gasteiger partial charge < -0.3 is 15.0 Å². The summed E-state index contributed by atoms with van der Waals surface area (Å²) in [6.07, 6.45) is 0.253. The number of anilines is 1. The summed E-state index contributed by atoms with van der Waals surface area (Å²) in [7, 11) is 1.59. The van der Waals surface area contributed by atoms with Crippen LogP contribution in [0.4, 0.5) is 5.69 Å². The van der Waals surface area contributed by atoms with Gasteiger partial charge in [-0.25, -0.2) is 0 Å². The summed E-state index contributed by atoms with van der Waals surface area (Å²) in [4.78, 5) is 25.5. The number of hydrogen-bond acceptors (Lipinski definition) is 3. The maximum absolute atomic E-state index is 12.1. The van der Waals surface area contributed by atoms with Gasteiger partial charge in [0.25, 0.3) is 0 Å². The molecule has 1 fully saturated rings. The van der Waals surface area contributed by atoms with Gasteiger partial charge in [-0.3, -0.25) is 9.59 Å². The Hall–Kier alpha value is -1.59. The third kappa shape index (κ3) is 3.71. The third-order valence-electron chi connectivity index (χ3n) is 3.26. The average molecular weight is 297 g/mol. The van der Waals surface area contributed by atoms with E-state index in [4.69, 9.17) is 16.3 Å². The van der Waals surface area contributed by atoms with Crippen molar-refractivity contribution in [2.24, 2.45) is 5.92 Å². The monoisotopic (exact) mass is 296 g/mol. The largest absolute Gasteiger partial charge is 0.383 e. The Morgan fingerprint density at radius 1 is 1.45 bits per heavy atom. The first-order chi connectivity index (χ1) is 9.60. The maximum Gasteiger partial charge on any atom is 0.229 e. The van der Waals surface area contributed by atoms with E-state index in [1.165, 1.54) is 0 Å². The fourth-order valence-electron chi connectivity index (χ4n) is 2.14. The predicted molar refractivity (Wildman–Crippen MR) is 76.6 cm³/mol. The Kier molecular flexibility index (Phi) is 4.98. The second-order valence-corrected chi connectivity index (χ2v) is 5.17. The Morgan fingerprint density at radius 2 is 2.15 bits per heavy atom. The molecule has 1 aliphatic rings. The molecule has 0 radical (unpaired) electrons. The molecular weight excluding hydrogens is 280 g/mol. The number of halogens is 1. The molecule has 1 N–H and O–H groups in total. The first-order valence-corrected chi connectivity index (χ1v) is 6.81. The van der Waals surface area contributed by atoms with Gasteiger partial charge in [-0.15, -0.1) is 0 Å². The second-order valence-electron chi connectivity index (χ2n) is 4.73. The second kappa shape index (κ2) is 6.72. The van der Waals surface area contributed by atoms with Crippen molar-refractivity contribution in [3.63, 3.8) is 0 Å². The zero-order valence-electron chi connectivity index (χ0n) is 11.3. The molecule has 1 aromatic carbocycles. The normalized spacial score (nSPS) is 18.4. The van der Waals surface area contributed by atoms with Crippen LogP contribution in [0.3, 0.4) is 0 Å². The number of carbonyl (C=O) groups excluding carboxylic acids is 2. The number of hydrogen-bond donors (Lipinski definition) is 1. The van der Waals surface area contributed by atoms with Gasteiger partial charge in [0.2, 0.25) is 11.8 Å². The van der Waals surface area contributed by atoms with Crippen LogP contribution in [0, 0.1) is 5.92 Å². The molecular formula is C14H17ClN2O3. The number of methoxy groups -OCH3 is 1. The van der Waals surface area contributed by atoms with Gasteiger partial charge in [0.05, 0.1) is 12.5 Å². The first kappa shape index (κ1) is 14.8. The van der Waals surface area contributed by atoms with Gasteiger partial charge >= 0.3 is 0 Å². The molecule has 2 rings (SSSR count). The minimum atomic E-state index is -0.310. The first-order valence-electron chi connectivity index (χ1n) is 6.43.